The first-order chi connectivity index (χ1) is 11.4. The van der Waals surface area contributed by atoms with E-state index in [-0.39, 0.29) is 6.10 Å². The average Bonchev–Trinajstić information content (AvgIpc) is 2.64. The largest absolute Gasteiger partial charge is 0.375 e. The van der Waals surface area contributed by atoms with Crippen LogP contribution in [0.1, 0.15) is 24.5 Å². The molecule has 2 heterocycles. The summed E-state index contributed by atoms with van der Waals surface area (Å²) in [6.07, 6.45) is 6.17. The summed E-state index contributed by atoms with van der Waals surface area (Å²) < 4.78 is 5.64. The predicted octanol–water partition coefficient (Wildman–Crippen LogP) is 3.03. The maximum Gasteiger partial charge on any atom is 0.0945 e. The fraction of sp³-hybridized carbons (Fsp3) is 0.421. The van der Waals surface area contributed by atoms with Crippen LogP contribution in [0.25, 0.3) is 0 Å². The fourth-order valence-corrected chi connectivity index (χ4v) is 3.18. The molecule has 23 heavy (non-hydrogen) atoms. The van der Waals surface area contributed by atoms with Gasteiger partial charge in [0.25, 0.3) is 0 Å². The molecule has 1 saturated heterocycles. The molecule has 2 aromatic rings. The number of hydrogen-bond acceptors (Lipinski definition) is 4. The average molecular weight is 311 g/mol. The zero-order valence-corrected chi connectivity index (χ0v) is 13.7. The van der Waals surface area contributed by atoms with Crippen molar-refractivity contribution in [2.75, 3.05) is 31.6 Å². The van der Waals surface area contributed by atoms with Crippen LogP contribution in [0.5, 0.6) is 0 Å². The van der Waals surface area contributed by atoms with Crippen LogP contribution in [0.4, 0.5) is 5.69 Å². The van der Waals surface area contributed by atoms with Gasteiger partial charge < -0.3 is 15.0 Å². The van der Waals surface area contributed by atoms with E-state index in [0.717, 1.165) is 32.5 Å². The highest BCUT2D eigenvalue weighted by Gasteiger charge is 2.20. The molecular formula is C19H25N3O. The van der Waals surface area contributed by atoms with Crippen LogP contribution in [-0.4, -0.2) is 37.8 Å². The summed E-state index contributed by atoms with van der Waals surface area (Å²) in [7, 11) is 1.78. The second kappa shape index (κ2) is 8.09. The van der Waals surface area contributed by atoms with Crippen molar-refractivity contribution in [1.29, 1.82) is 0 Å². The molecule has 1 unspecified atom stereocenters. The molecule has 0 spiro atoms. The number of nitrogens with zero attached hydrogens (tertiary/aromatic N) is 2. The topological polar surface area (TPSA) is 37.4 Å². The van der Waals surface area contributed by atoms with E-state index in [0.29, 0.717) is 6.04 Å². The minimum atomic E-state index is 0.120. The molecule has 0 aliphatic carbocycles. The molecule has 3 rings (SSSR count). The molecule has 0 radical (unpaired) electrons. The van der Waals surface area contributed by atoms with Gasteiger partial charge >= 0.3 is 0 Å². The van der Waals surface area contributed by atoms with Gasteiger partial charge in [-0.15, -0.1) is 0 Å². The predicted molar refractivity (Wildman–Crippen MR) is 93.7 cm³/mol. The minimum absolute atomic E-state index is 0.120. The normalized spacial score (nSPS) is 17.2. The third-order valence-electron chi connectivity index (χ3n) is 4.57. The van der Waals surface area contributed by atoms with Gasteiger partial charge in [-0.3, -0.25) is 4.98 Å². The Morgan fingerprint density at radius 1 is 1.13 bits per heavy atom. The Balaban J connectivity index is 1.47. The zero-order valence-electron chi connectivity index (χ0n) is 13.7. The van der Waals surface area contributed by atoms with Gasteiger partial charge in [0.05, 0.1) is 6.10 Å². The van der Waals surface area contributed by atoms with Crippen molar-refractivity contribution in [3.05, 3.63) is 60.4 Å². The van der Waals surface area contributed by atoms with Crippen LogP contribution < -0.4 is 10.2 Å². The van der Waals surface area contributed by atoms with Gasteiger partial charge in [0.2, 0.25) is 0 Å². The Morgan fingerprint density at radius 2 is 1.83 bits per heavy atom. The van der Waals surface area contributed by atoms with Gasteiger partial charge in [0.15, 0.2) is 0 Å². The van der Waals surface area contributed by atoms with Gasteiger partial charge in [0.1, 0.15) is 0 Å². The van der Waals surface area contributed by atoms with Crippen LogP contribution in [-0.2, 0) is 4.74 Å². The highest BCUT2D eigenvalue weighted by atomic mass is 16.5. The third-order valence-corrected chi connectivity index (χ3v) is 4.57. The number of aromatic nitrogens is 1. The van der Waals surface area contributed by atoms with Crippen molar-refractivity contribution in [2.45, 2.75) is 25.0 Å². The standard InChI is InChI=1S/C19H25N3O/c1-23-19(16-5-3-2-4-6-16)15-21-17-9-13-22(14-10-17)18-7-11-20-12-8-18/h2-8,11-12,17,19,21H,9-10,13-15H2,1H3. The molecule has 1 aliphatic heterocycles. The Hall–Kier alpha value is -1.91. The summed E-state index contributed by atoms with van der Waals surface area (Å²) in [4.78, 5) is 6.52. The SMILES string of the molecule is COC(CNC1CCN(c2ccncc2)CC1)c1ccccc1. The zero-order chi connectivity index (χ0) is 15.9. The van der Waals surface area contributed by atoms with Crippen LogP contribution in [0.3, 0.4) is 0 Å². The van der Waals surface area contributed by atoms with Crippen molar-refractivity contribution in [3.63, 3.8) is 0 Å². The minimum Gasteiger partial charge on any atom is -0.375 e. The van der Waals surface area contributed by atoms with E-state index >= 15 is 0 Å². The number of ether oxygens (including phenoxy) is 1. The molecule has 1 aromatic carbocycles. The molecule has 0 saturated carbocycles. The lowest BCUT2D eigenvalue weighted by Gasteiger charge is -2.34. The van der Waals surface area contributed by atoms with Gasteiger partial charge in [-0.2, -0.15) is 0 Å². The molecule has 0 amide bonds. The summed E-state index contributed by atoms with van der Waals surface area (Å²) in [6, 6.07) is 15.2. The molecule has 0 bridgehead atoms. The summed E-state index contributed by atoms with van der Waals surface area (Å²) >= 11 is 0. The van der Waals surface area contributed by atoms with Gasteiger partial charge in [-0.25, -0.2) is 0 Å². The van der Waals surface area contributed by atoms with Crippen molar-refractivity contribution >= 4 is 5.69 Å². The molecule has 122 valence electrons. The van der Waals surface area contributed by atoms with Crippen molar-refractivity contribution in [1.82, 2.24) is 10.3 Å². The fourth-order valence-electron chi connectivity index (χ4n) is 3.18. The summed E-state index contributed by atoms with van der Waals surface area (Å²) in [5, 5.41) is 3.68. The highest BCUT2D eigenvalue weighted by molar-refractivity contribution is 5.44. The lowest BCUT2D eigenvalue weighted by molar-refractivity contribution is 0.0983. The van der Waals surface area contributed by atoms with Crippen molar-refractivity contribution in [3.8, 4) is 0 Å². The maximum absolute atomic E-state index is 5.64. The second-order valence-electron chi connectivity index (χ2n) is 6.01. The molecular weight excluding hydrogens is 286 g/mol. The lowest BCUT2D eigenvalue weighted by atomic mass is 10.0. The molecule has 1 aromatic heterocycles. The van der Waals surface area contributed by atoms with E-state index in [4.69, 9.17) is 4.74 Å². The van der Waals surface area contributed by atoms with E-state index in [1.165, 1.54) is 11.3 Å². The Kier molecular flexibility index (Phi) is 5.61. The number of rotatable bonds is 6. The quantitative estimate of drug-likeness (QED) is 0.890. The second-order valence-corrected chi connectivity index (χ2v) is 6.01. The number of anilines is 1. The highest BCUT2D eigenvalue weighted by Crippen LogP contribution is 2.20. The Bertz CT molecular complexity index is 568. The number of methoxy groups -OCH3 is 1. The molecule has 1 fully saturated rings. The lowest BCUT2D eigenvalue weighted by Crippen LogP contribution is -2.43. The third kappa shape index (κ3) is 4.30. The summed E-state index contributed by atoms with van der Waals surface area (Å²) in [6.45, 7) is 3.04. The molecule has 4 heteroatoms. The van der Waals surface area contributed by atoms with Crippen LogP contribution in [0.2, 0.25) is 0 Å². The smallest absolute Gasteiger partial charge is 0.0945 e. The number of hydrogen-bond donors (Lipinski definition) is 1. The number of benzene rings is 1. The number of nitrogens with one attached hydrogen (secondary N) is 1. The maximum atomic E-state index is 5.64. The van der Waals surface area contributed by atoms with Gasteiger partial charge in [-0.1, -0.05) is 30.3 Å². The van der Waals surface area contributed by atoms with Gasteiger partial charge in [-0.05, 0) is 30.5 Å². The van der Waals surface area contributed by atoms with E-state index in [2.05, 4.69) is 51.6 Å². The summed E-state index contributed by atoms with van der Waals surface area (Å²) in [5.74, 6) is 0. The first kappa shape index (κ1) is 16.0. The Labute approximate surface area is 138 Å². The molecule has 1 aliphatic rings. The van der Waals surface area contributed by atoms with E-state index in [1.807, 2.05) is 18.5 Å². The molecule has 1 N–H and O–H groups in total. The van der Waals surface area contributed by atoms with Crippen molar-refractivity contribution in [2.24, 2.45) is 0 Å². The van der Waals surface area contributed by atoms with E-state index in [9.17, 15) is 0 Å². The first-order valence-electron chi connectivity index (χ1n) is 8.33. The Morgan fingerprint density at radius 3 is 2.48 bits per heavy atom. The van der Waals surface area contributed by atoms with Crippen LogP contribution in [0, 0.1) is 0 Å². The van der Waals surface area contributed by atoms with E-state index in [1.54, 1.807) is 7.11 Å². The van der Waals surface area contributed by atoms with E-state index < -0.39 is 0 Å². The summed E-state index contributed by atoms with van der Waals surface area (Å²) in [5.41, 5.74) is 2.51. The van der Waals surface area contributed by atoms with Crippen LogP contribution in [0.15, 0.2) is 54.9 Å². The van der Waals surface area contributed by atoms with Crippen LogP contribution >= 0.6 is 0 Å². The van der Waals surface area contributed by atoms with Crippen molar-refractivity contribution < 1.29 is 4.74 Å². The van der Waals surface area contributed by atoms with Gasteiger partial charge in [0, 0.05) is 50.9 Å². The monoisotopic (exact) mass is 311 g/mol. The molecule has 4 nitrogen and oxygen atoms in total. The molecule has 1 atom stereocenters. The number of piperidine rings is 1. The number of pyridine rings is 1. The first-order valence-corrected chi connectivity index (χ1v) is 8.33.